The summed E-state index contributed by atoms with van der Waals surface area (Å²) in [5.74, 6) is 1.56. The van der Waals surface area contributed by atoms with Crippen LogP contribution in [-0.2, 0) is 4.74 Å². The summed E-state index contributed by atoms with van der Waals surface area (Å²) < 4.78 is 11.1. The molecule has 150 valence electrons. The Morgan fingerprint density at radius 2 is 2.04 bits per heavy atom. The second kappa shape index (κ2) is 8.93. The molecule has 3 N–H and O–H groups in total. The highest BCUT2D eigenvalue weighted by Gasteiger charge is 2.59. The fourth-order valence-corrected chi connectivity index (χ4v) is 4.23. The van der Waals surface area contributed by atoms with E-state index in [1.165, 1.54) is 19.3 Å². The van der Waals surface area contributed by atoms with E-state index in [1.54, 1.807) is 7.11 Å². The normalized spacial score (nSPS) is 24.7. The highest BCUT2D eigenvalue weighted by Crippen LogP contribution is 2.57. The van der Waals surface area contributed by atoms with E-state index in [4.69, 9.17) is 9.47 Å². The topological polar surface area (TPSA) is 75.1 Å². The Morgan fingerprint density at radius 1 is 1.30 bits per heavy atom. The molecule has 0 aliphatic heterocycles. The molecule has 2 fully saturated rings. The fraction of sp³-hybridized carbons (Fsp3) is 0.667. The van der Waals surface area contributed by atoms with E-state index in [0.29, 0.717) is 18.7 Å². The van der Waals surface area contributed by atoms with Crippen LogP contribution in [0.4, 0.5) is 0 Å². The van der Waals surface area contributed by atoms with Crippen molar-refractivity contribution in [2.45, 2.75) is 57.8 Å². The summed E-state index contributed by atoms with van der Waals surface area (Å²) in [6.45, 7) is 6.01. The summed E-state index contributed by atoms with van der Waals surface area (Å²) in [5.41, 5.74) is 1.12. The summed E-state index contributed by atoms with van der Waals surface area (Å²) in [5, 5.41) is 17.4. The first kappa shape index (κ1) is 20.0. The van der Waals surface area contributed by atoms with Crippen molar-refractivity contribution in [3.05, 3.63) is 29.8 Å². The summed E-state index contributed by atoms with van der Waals surface area (Å²) in [4.78, 5) is 4.62. The molecule has 1 aromatic carbocycles. The number of aliphatic hydroxyl groups is 1. The molecule has 0 heterocycles. The van der Waals surface area contributed by atoms with Crippen LogP contribution in [0.1, 0.15) is 51.2 Å². The Balaban J connectivity index is 1.59. The number of methoxy groups -OCH3 is 1. The van der Waals surface area contributed by atoms with Gasteiger partial charge in [-0.05, 0) is 50.8 Å². The molecule has 0 bridgehead atoms. The SMILES string of the molecule is CCNC(=NCC(O)c1ccc(OC)cc1)NC1CC(OCC)C12CCC2. The third-order valence-corrected chi connectivity index (χ3v) is 6.02. The number of hydrogen-bond acceptors (Lipinski definition) is 4. The van der Waals surface area contributed by atoms with Gasteiger partial charge in [0.25, 0.3) is 0 Å². The zero-order valence-electron chi connectivity index (χ0n) is 16.7. The number of guanidine groups is 1. The molecule has 3 unspecified atom stereocenters. The molecule has 2 saturated carbocycles. The molecule has 1 spiro atoms. The van der Waals surface area contributed by atoms with Gasteiger partial charge in [-0.2, -0.15) is 0 Å². The van der Waals surface area contributed by atoms with Gasteiger partial charge in [0.1, 0.15) is 5.75 Å². The Labute approximate surface area is 162 Å². The lowest BCUT2D eigenvalue weighted by molar-refractivity contribution is -0.168. The third-order valence-electron chi connectivity index (χ3n) is 6.02. The lowest BCUT2D eigenvalue weighted by Gasteiger charge is -2.61. The highest BCUT2D eigenvalue weighted by molar-refractivity contribution is 5.80. The van der Waals surface area contributed by atoms with Crippen LogP contribution >= 0.6 is 0 Å². The summed E-state index contributed by atoms with van der Waals surface area (Å²) in [6, 6.07) is 7.87. The summed E-state index contributed by atoms with van der Waals surface area (Å²) in [7, 11) is 1.63. The van der Waals surface area contributed by atoms with Crippen LogP contribution in [0, 0.1) is 5.41 Å². The largest absolute Gasteiger partial charge is 0.497 e. The molecule has 2 aliphatic carbocycles. The lowest BCUT2D eigenvalue weighted by Crippen LogP contribution is -2.68. The number of rotatable bonds is 8. The van der Waals surface area contributed by atoms with Gasteiger partial charge in [-0.25, -0.2) is 0 Å². The molecular weight excluding hydrogens is 342 g/mol. The predicted molar refractivity (Wildman–Crippen MR) is 107 cm³/mol. The van der Waals surface area contributed by atoms with E-state index in [9.17, 15) is 5.11 Å². The molecule has 0 aromatic heterocycles. The molecule has 0 radical (unpaired) electrons. The van der Waals surface area contributed by atoms with Gasteiger partial charge < -0.3 is 25.2 Å². The number of ether oxygens (including phenoxy) is 2. The molecule has 3 rings (SSSR count). The van der Waals surface area contributed by atoms with Gasteiger partial charge in [-0.15, -0.1) is 0 Å². The molecule has 6 nitrogen and oxygen atoms in total. The molecule has 0 amide bonds. The minimum atomic E-state index is -0.637. The first-order valence-electron chi connectivity index (χ1n) is 10.1. The van der Waals surface area contributed by atoms with Crippen LogP contribution in [0.5, 0.6) is 5.75 Å². The first-order valence-corrected chi connectivity index (χ1v) is 10.1. The van der Waals surface area contributed by atoms with E-state index in [-0.39, 0.29) is 5.41 Å². The van der Waals surface area contributed by atoms with Crippen LogP contribution in [0.15, 0.2) is 29.3 Å². The van der Waals surface area contributed by atoms with E-state index in [0.717, 1.165) is 36.8 Å². The van der Waals surface area contributed by atoms with Crippen molar-refractivity contribution >= 4 is 5.96 Å². The molecule has 3 atom stereocenters. The van der Waals surface area contributed by atoms with E-state index in [2.05, 4.69) is 29.5 Å². The Kier molecular flexibility index (Phi) is 6.60. The maximum atomic E-state index is 10.5. The van der Waals surface area contributed by atoms with Crippen molar-refractivity contribution in [1.82, 2.24) is 10.6 Å². The quantitative estimate of drug-likeness (QED) is 0.481. The molecule has 27 heavy (non-hydrogen) atoms. The number of aliphatic hydroxyl groups excluding tert-OH is 1. The van der Waals surface area contributed by atoms with Gasteiger partial charge in [-0.1, -0.05) is 18.6 Å². The van der Waals surface area contributed by atoms with Gasteiger partial charge in [0.05, 0.1) is 25.9 Å². The van der Waals surface area contributed by atoms with Gasteiger partial charge in [0, 0.05) is 24.6 Å². The maximum Gasteiger partial charge on any atom is 0.191 e. The second-order valence-corrected chi connectivity index (χ2v) is 7.47. The van der Waals surface area contributed by atoms with Gasteiger partial charge >= 0.3 is 0 Å². The average Bonchev–Trinajstić information content (AvgIpc) is 2.63. The Hall–Kier alpha value is -1.79. The molecular formula is C21H33N3O3. The Morgan fingerprint density at radius 3 is 2.59 bits per heavy atom. The standard InChI is InChI=1S/C21H33N3O3/c1-4-22-20(23-14-17(25)15-7-9-16(26-3)10-8-15)24-18-13-19(27-5-2)21(18)11-6-12-21/h7-10,17-19,25H,4-6,11-14H2,1-3H3,(H2,22,23,24). The number of aliphatic imine (C=N–C) groups is 1. The van der Waals surface area contributed by atoms with Crippen LogP contribution in [0.2, 0.25) is 0 Å². The smallest absolute Gasteiger partial charge is 0.191 e. The van der Waals surface area contributed by atoms with Crippen LogP contribution in [0.3, 0.4) is 0 Å². The number of hydrogen-bond donors (Lipinski definition) is 3. The zero-order valence-corrected chi connectivity index (χ0v) is 16.7. The minimum absolute atomic E-state index is 0.279. The monoisotopic (exact) mass is 375 g/mol. The van der Waals surface area contributed by atoms with Crippen molar-refractivity contribution in [3.8, 4) is 5.75 Å². The van der Waals surface area contributed by atoms with Crippen molar-refractivity contribution in [1.29, 1.82) is 0 Å². The van der Waals surface area contributed by atoms with Crippen LogP contribution in [0.25, 0.3) is 0 Å². The summed E-state index contributed by atoms with van der Waals surface area (Å²) in [6.07, 6.45) is 4.50. The van der Waals surface area contributed by atoms with Crippen LogP contribution in [-0.4, -0.2) is 50.0 Å². The zero-order chi connectivity index (χ0) is 19.3. The fourth-order valence-electron chi connectivity index (χ4n) is 4.23. The third kappa shape index (κ3) is 4.22. The molecule has 2 aliphatic rings. The maximum absolute atomic E-state index is 10.5. The summed E-state index contributed by atoms with van der Waals surface area (Å²) >= 11 is 0. The lowest BCUT2D eigenvalue weighted by atomic mass is 9.51. The van der Waals surface area contributed by atoms with Crippen molar-refractivity contribution in [2.24, 2.45) is 10.4 Å². The van der Waals surface area contributed by atoms with Crippen molar-refractivity contribution in [2.75, 3.05) is 26.8 Å². The van der Waals surface area contributed by atoms with Crippen molar-refractivity contribution in [3.63, 3.8) is 0 Å². The molecule has 1 aromatic rings. The van der Waals surface area contributed by atoms with Gasteiger partial charge in [-0.3, -0.25) is 4.99 Å². The average molecular weight is 376 g/mol. The number of benzene rings is 1. The van der Waals surface area contributed by atoms with Crippen LogP contribution < -0.4 is 15.4 Å². The molecule has 0 saturated heterocycles. The van der Waals surface area contributed by atoms with Crippen molar-refractivity contribution < 1.29 is 14.6 Å². The van der Waals surface area contributed by atoms with E-state index >= 15 is 0 Å². The Bertz CT molecular complexity index is 628. The second-order valence-electron chi connectivity index (χ2n) is 7.47. The molecule has 6 heteroatoms. The van der Waals surface area contributed by atoms with E-state index < -0.39 is 6.10 Å². The van der Waals surface area contributed by atoms with Gasteiger partial charge in [0.15, 0.2) is 5.96 Å². The van der Waals surface area contributed by atoms with Gasteiger partial charge in [0.2, 0.25) is 0 Å². The highest BCUT2D eigenvalue weighted by atomic mass is 16.5. The first-order chi connectivity index (χ1) is 13.1. The number of nitrogens with zero attached hydrogens (tertiary/aromatic N) is 1. The predicted octanol–water partition coefficient (Wildman–Crippen LogP) is 2.63. The number of nitrogens with one attached hydrogen (secondary N) is 2. The van der Waals surface area contributed by atoms with E-state index in [1.807, 2.05) is 24.3 Å². The minimum Gasteiger partial charge on any atom is -0.497 e.